The van der Waals surface area contributed by atoms with E-state index in [1.54, 1.807) is 84.9 Å². The van der Waals surface area contributed by atoms with Gasteiger partial charge in [0, 0.05) is 10.6 Å². The van der Waals surface area contributed by atoms with Crippen molar-refractivity contribution in [3.8, 4) is 0 Å². The van der Waals surface area contributed by atoms with Crippen molar-refractivity contribution in [3.05, 3.63) is 101 Å². The van der Waals surface area contributed by atoms with Crippen LogP contribution in [-0.4, -0.2) is 53.1 Å². The fraction of sp³-hybridized carbons (Fsp3) is 0.148. The Bertz CT molecular complexity index is 1350. The summed E-state index contributed by atoms with van der Waals surface area (Å²) in [6.45, 7) is -0.931. The minimum atomic E-state index is -1.18. The summed E-state index contributed by atoms with van der Waals surface area (Å²) in [6.07, 6.45) is 0. The number of carboxylic acid groups (broad SMARTS) is 1. The molecule has 1 aliphatic heterocycles. The Morgan fingerprint density at radius 1 is 0.947 bits per heavy atom. The molecule has 1 heterocycles. The minimum absolute atomic E-state index is 0.233. The average Bonchev–Trinajstić information content (AvgIpc) is 2.93. The highest BCUT2D eigenvalue weighted by atomic mass is 35.5. The number of hydrogen-bond acceptors (Lipinski definition) is 6. The Morgan fingerprint density at radius 3 is 2.21 bits per heavy atom. The van der Waals surface area contributed by atoms with Gasteiger partial charge in [-0.15, -0.1) is 0 Å². The van der Waals surface area contributed by atoms with Gasteiger partial charge in [-0.1, -0.05) is 71.9 Å². The minimum Gasteiger partial charge on any atom is -0.480 e. The standard InChI is InChI=1S/C27H23ClN4O5S/c28-19-13-11-17(12-14-19)24-23(31-25(36)18-7-3-1-4-8-18)26(37)32(20-9-5-2-6-10-20)27(38-24)30-15-21(33)29-16-22(34)35/h1-14,23-24H,15-16H2,(H,29,33)(H,31,36)(H,34,35)/t23-,24+/m0/s1. The molecule has 3 N–H and O–H groups in total. The number of amidine groups is 1. The third-order valence-corrected chi connectivity index (χ3v) is 7.12. The number of carbonyl (C=O) groups is 4. The van der Waals surface area contributed by atoms with Crippen LogP contribution in [0.5, 0.6) is 0 Å². The van der Waals surface area contributed by atoms with Crippen LogP contribution in [0.15, 0.2) is 89.9 Å². The normalized spacial score (nSPS) is 18.2. The van der Waals surface area contributed by atoms with E-state index in [4.69, 9.17) is 16.7 Å². The lowest BCUT2D eigenvalue weighted by Crippen LogP contribution is -2.56. The second kappa shape index (κ2) is 12.4. The molecule has 1 aliphatic rings. The van der Waals surface area contributed by atoms with Crippen molar-refractivity contribution < 1.29 is 24.3 Å². The van der Waals surface area contributed by atoms with E-state index in [0.717, 1.165) is 5.56 Å². The zero-order chi connectivity index (χ0) is 27.1. The summed E-state index contributed by atoms with van der Waals surface area (Å²) in [5, 5.41) is 14.1. The number of halogens is 1. The molecule has 0 radical (unpaired) electrons. The summed E-state index contributed by atoms with van der Waals surface area (Å²) in [5.41, 5.74) is 1.63. The molecular formula is C27H23ClN4O5S. The third-order valence-electron chi connectivity index (χ3n) is 5.54. The number of benzene rings is 3. The van der Waals surface area contributed by atoms with Crippen molar-refractivity contribution in [3.63, 3.8) is 0 Å². The molecule has 3 aromatic rings. The molecular weight excluding hydrogens is 528 g/mol. The maximum Gasteiger partial charge on any atom is 0.322 e. The van der Waals surface area contributed by atoms with Gasteiger partial charge in [-0.3, -0.25) is 29.1 Å². The highest BCUT2D eigenvalue weighted by molar-refractivity contribution is 8.14. The van der Waals surface area contributed by atoms with Crippen LogP contribution in [-0.2, 0) is 14.4 Å². The lowest BCUT2D eigenvalue weighted by Gasteiger charge is -2.38. The van der Waals surface area contributed by atoms with E-state index in [-0.39, 0.29) is 11.7 Å². The number of aliphatic imine (C=N–C) groups is 1. The van der Waals surface area contributed by atoms with E-state index in [9.17, 15) is 19.2 Å². The van der Waals surface area contributed by atoms with Crippen LogP contribution in [0.4, 0.5) is 5.69 Å². The maximum atomic E-state index is 14.0. The highest BCUT2D eigenvalue weighted by Crippen LogP contribution is 2.41. The van der Waals surface area contributed by atoms with E-state index >= 15 is 0 Å². The summed E-state index contributed by atoms with van der Waals surface area (Å²) in [6, 6.07) is 23.3. The van der Waals surface area contributed by atoms with Gasteiger partial charge in [0.05, 0.1) is 10.9 Å². The smallest absolute Gasteiger partial charge is 0.322 e. The number of thioether (sulfide) groups is 1. The first kappa shape index (κ1) is 26.9. The Kier molecular flexibility index (Phi) is 8.77. The molecule has 0 spiro atoms. The highest BCUT2D eigenvalue weighted by Gasteiger charge is 2.43. The lowest BCUT2D eigenvalue weighted by atomic mass is 10.0. The van der Waals surface area contributed by atoms with Gasteiger partial charge in [-0.2, -0.15) is 0 Å². The number of nitrogens with zero attached hydrogens (tertiary/aromatic N) is 2. The first-order valence-corrected chi connectivity index (χ1v) is 12.8. The maximum absolute atomic E-state index is 14.0. The van der Waals surface area contributed by atoms with Gasteiger partial charge < -0.3 is 15.7 Å². The van der Waals surface area contributed by atoms with Crippen LogP contribution in [0.3, 0.4) is 0 Å². The number of carbonyl (C=O) groups excluding carboxylic acids is 3. The fourth-order valence-electron chi connectivity index (χ4n) is 3.75. The van der Waals surface area contributed by atoms with Crippen molar-refractivity contribution in [1.82, 2.24) is 10.6 Å². The predicted octanol–water partition coefficient (Wildman–Crippen LogP) is 3.52. The van der Waals surface area contributed by atoms with E-state index in [0.29, 0.717) is 16.3 Å². The van der Waals surface area contributed by atoms with Crippen molar-refractivity contribution >= 4 is 57.9 Å². The molecule has 194 valence electrons. The molecule has 0 saturated carbocycles. The zero-order valence-corrected chi connectivity index (χ0v) is 21.5. The third kappa shape index (κ3) is 6.58. The number of anilines is 1. The molecule has 11 heteroatoms. The molecule has 4 rings (SSSR count). The largest absolute Gasteiger partial charge is 0.480 e. The number of rotatable bonds is 8. The molecule has 1 saturated heterocycles. The number of para-hydroxylation sites is 1. The molecule has 2 atom stereocenters. The van der Waals surface area contributed by atoms with Crippen molar-refractivity contribution in [2.24, 2.45) is 4.99 Å². The summed E-state index contributed by atoms with van der Waals surface area (Å²) >= 11 is 7.30. The molecule has 38 heavy (non-hydrogen) atoms. The Labute approximate surface area is 227 Å². The van der Waals surface area contributed by atoms with E-state index in [1.165, 1.54) is 16.7 Å². The number of aliphatic carboxylic acids is 1. The number of nitrogens with one attached hydrogen (secondary N) is 2. The van der Waals surface area contributed by atoms with Gasteiger partial charge in [-0.05, 0) is 42.0 Å². The Hall–Kier alpha value is -4.15. The van der Waals surface area contributed by atoms with E-state index < -0.39 is 41.5 Å². The molecule has 0 aromatic heterocycles. The summed E-state index contributed by atoms with van der Waals surface area (Å²) in [7, 11) is 0. The van der Waals surface area contributed by atoms with Crippen LogP contribution < -0.4 is 15.5 Å². The number of carboxylic acids is 1. The van der Waals surface area contributed by atoms with Gasteiger partial charge in [-0.25, -0.2) is 0 Å². The summed E-state index contributed by atoms with van der Waals surface area (Å²) in [5.74, 6) is -2.64. The van der Waals surface area contributed by atoms with E-state index in [1.807, 2.05) is 0 Å². The quantitative estimate of drug-likeness (QED) is 0.394. The number of amides is 3. The van der Waals surface area contributed by atoms with Crippen LogP contribution in [0.2, 0.25) is 5.02 Å². The number of hydrogen-bond donors (Lipinski definition) is 3. The molecule has 0 aliphatic carbocycles. The van der Waals surface area contributed by atoms with Crippen molar-refractivity contribution in [2.75, 3.05) is 18.0 Å². The summed E-state index contributed by atoms with van der Waals surface area (Å²) in [4.78, 5) is 55.9. The van der Waals surface area contributed by atoms with Crippen molar-refractivity contribution in [2.45, 2.75) is 11.3 Å². The molecule has 0 bridgehead atoms. The SMILES string of the molecule is O=C(O)CNC(=O)CN=C1S[C@H](c2ccc(Cl)cc2)[C@H](NC(=O)c2ccccc2)C(=O)N1c1ccccc1. The van der Waals surface area contributed by atoms with Crippen LogP contribution in [0.25, 0.3) is 0 Å². The average molecular weight is 551 g/mol. The molecule has 3 amide bonds. The van der Waals surface area contributed by atoms with Gasteiger partial charge in [0.1, 0.15) is 19.1 Å². The van der Waals surface area contributed by atoms with Crippen LogP contribution >= 0.6 is 23.4 Å². The topological polar surface area (TPSA) is 128 Å². The van der Waals surface area contributed by atoms with Crippen LogP contribution in [0.1, 0.15) is 21.2 Å². The zero-order valence-electron chi connectivity index (χ0n) is 19.9. The second-order valence-electron chi connectivity index (χ2n) is 8.19. The van der Waals surface area contributed by atoms with Crippen molar-refractivity contribution in [1.29, 1.82) is 0 Å². The molecule has 9 nitrogen and oxygen atoms in total. The first-order valence-electron chi connectivity index (χ1n) is 11.5. The monoisotopic (exact) mass is 550 g/mol. The molecule has 0 unspecified atom stereocenters. The van der Waals surface area contributed by atoms with Gasteiger partial charge in [0.25, 0.3) is 11.8 Å². The van der Waals surface area contributed by atoms with Gasteiger partial charge >= 0.3 is 5.97 Å². The molecule has 3 aromatic carbocycles. The first-order chi connectivity index (χ1) is 18.3. The van der Waals surface area contributed by atoms with Gasteiger partial charge in [0.2, 0.25) is 5.91 Å². The van der Waals surface area contributed by atoms with Gasteiger partial charge in [0.15, 0.2) is 5.17 Å². The summed E-state index contributed by atoms with van der Waals surface area (Å²) < 4.78 is 0. The van der Waals surface area contributed by atoms with E-state index in [2.05, 4.69) is 15.6 Å². The fourth-order valence-corrected chi connectivity index (χ4v) is 5.16. The molecule has 1 fully saturated rings. The second-order valence-corrected chi connectivity index (χ2v) is 9.73. The predicted molar refractivity (Wildman–Crippen MR) is 146 cm³/mol. The Morgan fingerprint density at radius 2 is 1.58 bits per heavy atom. The lowest BCUT2D eigenvalue weighted by molar-refractivity contribution is -0.137. The van der Waals surface area contributed by atoms with Crippen LogP contribution in [0, 0.1) is 0 Å². The Balaban J connectivity index is 1.72.